The van der Waals surface area contributed by atoms with Crippen molar-refractivity contribution in [3.8, 4) is 6.07 Å². The minimum Gasteiger partial charge on any atom is -0.329 e. The Bertz CT molecular complexity index is 393. The van der Waals surface area contributed by atoms with E-state index >= 15 is 0 Å². The summed E-state index contributed by atoms with van der Waals surface area (Å²) in [5, 5.41) is 11.3. The first-order valence-corrected chi connectivity index (χ1v) is 4.89. The number of hydrogen-bond acceptors (Lipinski definition) is 3. The Kier molecular flexibility index (Phi) is 4.30. The summed E-state index contributed by atoms with van der Waals surface area (Å²) in [6.45, 7) is 0.930. The lowest BCUT2D eigenvalue weighted by Gasteiger charge is -2.16. The molecule has 5 nitrogen and oxygen atoms in total. The molecule has 0 saturated carbocycles. The van der Waals surface area contributed by atoms with Gasteiger partial charge in [0.1, 0.15) is 0 Å². The summed E-state index contributed by atoms with van der Waals surface area (Å²) in [7, 11) is 1.67. The van der Waals surface area contributed by atoms with Crippen LogP contribution in [0.4, 0.5) is 10.5 Å². The van der Waals surface area contributed by atoms with Gasteiger partial charge in [-0.2, -0.15) is 5.26 Å². The molecule has 0 radical (unpaired) electrons. The molecule has 0 aliphatic rings. The van der Waals surface area contributed by atoms with Gasteiger partial charge in [0, 0.05) is 25.8 Å². The number of anilines is 1. The van der Waals surface area contributed by atoms with Gasteiger partial charge in [0.05, 0.1) is 11.6 Å². The molecule has 0 heterocycles. The number of benzene rings is 1. The standard InChI is InChI=1S/C11H14N4O/c1-15(7-6-12)11(16)14-10-4-2-9(8-13)3-5-10/h2-5H,6-7,12H2,1H3,(H,14,16). The first kappa shape index (κ1) is 12.0. The second kappa shape index (κ2) is 5.73. The van der Waals surface area contributed by atoms with Crippen molar-refractivity contribution in [3.05, 3.63) is 29.8 Å². The number of nitrogens with zero attached hydrogens (tertiary/aromatic N) is 2. The molecule has 16 heavy (non-hydrogen) atoms. The van der Waals surface area contributed by atoms with Crippen LogP contribution in [0.1, 0.15) is 5.56 Å². The number of likely N-dealkylation sites (N-methyl/N-ethyl adjacent to an activating group) is 1. The maximum Gasteiger partial charge on any atom is 0.321 e. The summed E-state index contributed by atoms with van der Waals surface area (Å²) in [4.78, 5) is 13.0. The second-order valence-electron chi connectivity index (χ2n) is 3.33. The predicted molar refractivity (Wildman–Crippen MR) is 61.9 cm³/mol. The van der Waals surface area contributed by atoms with Crippen molar-refractivity contribution >= 4 is 11.7 Å². The molecule has 3 N–H and O–H groups in total. The Morgan fingerprint density at radius 1 is 1.50 bits per heavy atom. The zero-order chi connectivity index (χ0) is 12.0. The zero-order valence-electron chi connectivity index (χ0n) is 9.10. The maximum atomic E-state index is 11.6. The van der Waals surface area contributed by atoms with Gasteiger partial charge < -0.3 is 16.0 Å². The molecule has 0 unspecified atom stereocenters. The number of nitrogens with two attached hydrogens (primary N) is 1. The monoisotopic (exact) mass is 218 g/mol. The third-order valence-electron chi connectivity index (χ3n) is 2.08. The first-order chi connectivity index (χ1) is 7.67. The number of urea groups is 1. The summed E-state index contributed by atoms with van der Waals surface area (Å²) in [5.41, 5.74) is 6.56. The highest BCUT2D eigenvalue weighted by atomic mass is 16.2. The smallest absolute Gasteiger partial charge is 0.321 e. The highest BCUT2D eigenvalue weighted by molar-refractivity contribution is 5.89. The van der Waals surface area contributed by atoms with Crippen LogP contribution in [-0.2, 0) is 0 Å². The van der Waals surface area contributed by atoms with Crippen molar-refractivity contribution in [1.29, 1.82) is 5.26 Å². The summed E-state index contributed by atoms with van der Waals surface area (Å²) in [5.74, 6) is 0. The SMILES string of the molecule is CN(CCN)C(=O)Nc1ccc(C#N)cc1. The Balaban J connectivity index is 2.60. The third-order valence-corrected chi connectivity index (χ3v) is 2.08. The van der Waals surface area contributed by atoms with Gasteiger partial charge in [-0.15, -0.1) is 0 Å². The average Bonchev–Trinajstić information content (AvgIpc) is 2.30. The molecule has 0 saturated heterocycles. The van der Waals surface area contributed by atoms with Crippen molar-refractivity contribution in [2.24, 2.45) is 5.73 Å². The highest BCUT2D eigenvalue weighted by Crippen LogP contribution is 2.09. The van der Waals surface area contributed by atoms with Crippen molar-refractivity contribution in [1.82, 2.24) is 4.90 Å². The maximum absolute atomic E-state index is 11.6. The van der Waals surface area contributed by atoms with E-state index in [1.807, 2.05) is 6.07 Å². The van der Waals surface area contributed by atoms with Crippen LogP contribution in [0.25, 0.3) is 0 Å². The molecule has 0 bridgehead atoms. The Labute approximate surface area is 94.5 Å². The molecule has 2 amide bonds. The molecule has 0 spiro atoms. The van der Waals surface area contributed by atoms with E-state index in [9.17, 15) is 4.79 Å². The normalized spacial score (nSPS) is 9.31. The van der Waals surface area contributed by atoms with Gasteiger partial charge in [0.2, 0.25) is 0 Å². The largest absolute Gasteiger partial charge is 0.329 e. The lowest BCUT2D eigenvalue weighted by Crippen LogP contribution is -2.35. The zero-order valence-corrected chi connectivity index (χ0v) is 9.10. The van der Waals surface area contributed by atoms with E-state index in [0.717, 1.165) is 0 Å². The van der Waals surface area contributed by atoms with Gasteiger partial charge >= 0.3 is 6.03 Å². The number of carbonyl (C=O) groups excluding carboxylic acids is 1. The molecule has 0 fully saturated rings. The average molecular weight is 218 g/mol. The van der Waals surface area contributed by atoms with Crippen LogP contribution in [0, 0.1) is 11.3 Å². The molecular formula is C11H14N4O. The van der Waals surface area contributed by atoms with E-state index in [1.165, 1.54) is 4.90 Å². The van der Waals surface area contributed by atoms with E-state index in [2.05, 4.69) is 5.32 Å². The van der Waals surface area contributed by atoms with E-state index < -0.39 is 0 Å². The molecule has 1 rings (SSSR count). The number of amides is 2. The predicted octanol–water partition coefficient (Wildman–Crippen LogP) is 0.981. The topological polar surface area (TPSA) is 82.2 Å². The third kappa shape index (κ3) is 3.26. The fourth-order valence-corrected chi connectivity index (χ4v) is 1.14. The minimum absolute atomic E-state index is 0.213. The Hall–Kier alpha value is -2.06. The fraction of sp³-hybridized carbons (Fsp3) is 0.273. The molecule has 0 aliphatic carbocycles. The van der Waals surface area contributed by atoms with Gasteiger partial charge in [-0.25, -0.2) is 4.79 Å². The van der Waals surface area contributed by atoms with Gasteiger partial charge in [0.25, 0.3) is 0 Å². The van der Waals surface area contributed by atoms with Gasteiger partial charge in [0.15, 0.2) is 0 Å². The molecule has 0 aromatic heterocycles. The van der Waals surface area contributed by atoms with E-state index in [0.29, 0.717) is 24.3 Å². The second-order valence-corrected chi connectivity index (χ2v) is 3.33. The number of carbonyl (C=O) groups is 1. The molecule has 1 aromatic rings. The molecule has 0 atom stereocenters. The van der Waals surface area contributed by atoms with Gasteiger partial charge in [-0.3, -0.25) is 0 Å². The molecule has 5 heteroatoms. The number of rotatable bonds is 3. The molecule has 84 valence electrons. The van der Waals surface area contributed by atoms with Crippen molar-refractivity contribution in [2.45, 2.75) is 0 Å². The molecule has 0 aliphatic heterocycles. The van der Waals surface area contributed by atoms with E-state index in [1.54, 1.807) is 31.3 Å². The number of nitrogens with one attached hydrogen (secondary N) is 1. The van der Waals surface area contributed by atoms with Gasteiger partial charge in [-0.1, -0.05) is 0 Å². The fourth-order valence-electron chi connectivity index (χ4n) is 1.14. The van der Waals surface area contributed by atoms with Crippen molar-refractivity contribution in [3.63, 3.8) is 0 Å². The van der Waals surface area contributed by atoms with E-state index in [-0.39, 0.29) is 6.03 Å². The first-order valence-electron chi connectivity index (χ1n) is 4.89. The highest BCUT2D eigenvalue weighted by Gasteiger charge is 2.06. The summed E-state index contributed by atoms with van der Waals surface area (Å²) < 4.78 is 0. The van der Waals surface area contributed by atoms with Gasteiger partial charge in [-0.05, 0) is 24.3 Å². The summed E-state index contributed by atoms with van der Waals surface area (Å²) in [6, 6.07) is 8.48. The summed E-state index contributed by atoms with van der Waals surface area (Å²) >= 11 is 0. The van der Waals surface area contributed by atoms with Crippen LogP contribution in [0.3, 0.4) is 0 Å². The van der Waals surface area contributed by atoms with Crippen LogP contribution < -0.4 is 11.1 Å². The number of hydrogen-bond donors (Lipinski definition) is 2. The van der Waals surface area contributed by atoms with Crippen LogP contribution in [0.15, 0.2) is 24.3 Å². The van der Waals surface area contributed by atoms with Crippen LogP contribution in [0.5, 0.6) is 0 Å². The van der Waals surface area contributed by atoms with Crippen molar-refractivity contribution < 1.29 is 4.79 Å². The van der Waals surface area contributed by atoms with Crippen LogP contribution in [0.2, 0.25) is 0 Å². The Morgan fingerprint density at radius 2 is 2.12 bits per heavy atom. The number of nitriles is 1. The van der Waals surface area contributed by atoms with Crippen LogP contribution in [-0.4, -0.2) is 31.1 Å². The molecular weight excluding hydrogens is 204 g/mol. The lowest BCUT2D eigenvalue weighted by molar-refractivity contribution is 0.223. The Morgan fingerprint density at radius 3 is 2.62 bits per heavy atom. The lowest BCUT2D eigenvalue weighted by atomic mass is 10.2. The van der Waals surface area contributed by atoms with Crippen molar-refractivity contribution in [2.75, 3.05) is 25.5 Å². The minimum atomic E-state index is -0.213. The quantitative estimate of drug-likeness (QED) is 0.793. The molecule has 1 aromatic carbocycles. The van der Waals surface area contributed by atoms with E-state index in [4.69, 9.17) is 11.0 Å². The summed E-state index contributed by atoms with van der Waals surface area (Å²) in [6.07, 6.45) is 0. The van der Waals surface area contributed by atoms with Crippen LogP contribution >= 0.6 is 0 Å².